The van der Waals surface area contributed by atoms with Gasteiger partial charge in [-0.2, -0.15) is 0 Å². The Balaban J connectivity index is 1.49. The molecule has 3 aliphatic rings. The van der Waals surface area contributed by atoms with Crippen LogP contribution in [0.1, 0.15) is 56.8 Å². The molecule has 7 nitrogen and oxygen atoms in total. The number of nitrogens with zero attached hydrogens (tertiary/aromatic N) is 3. The van der Waals surface area contributed by atoms with E-state index >= 15 is 0 Å². The van der Waals surface area contributed by atoms with Crippen molar-refractivity contribution in [1.29, 1.82) is 0 Å². The van der Waals surface area contributed by atoms with E-state index in [1.165, 1.54) is 6.07 Å². The topological polar surface area (TPSA) is 76.1 Å². The summed E-state index contributed by atoms with van der Waals surface area (Å²) in [7, 11) is 0. The molecule has 40 heavy (non-hydrogen) atoms. The first-order valence-corrected chi connectivity index (χ1v) is 14.7. The van der Waals surface area contributed by atoms with E-state index in [2.05, 4.69) is 5.32 Å². The Hall–Kier alpha value is -2.68. The summed E-state index contributed by atoms with van der Waals surface area (Å²) in [4.78, 5) is 32.6. The van der Waals surface area contributed by atoms with Crippen LogP contribution in [-0.4, -0.2) is 78.3 Å². The fraction of sp³-hybridized carbons (Fsp3) is 0.548. The third kappa shape index (κ3) is 6.14. The summed E-state index contributed by atoms with van der Waals surface area (Å²) in [5, 5.41) is 15.5. The molecule has 2 atom stereocenters. The molecule has 2 N–H and O–H groups in total. The van der Waals surface area contributed by atoms with Crippen molar-refractivity contribution in [3.63, 3.8) is 0 Å². The Morgan fingerprint density at radius 1 is 1.10 bits per heavy atom. The van der Waals surface area contributed by atoms with Crippen LogP contribution in [0.15, 0.2) is 36.4 Å². The van der Waals surface area contributed by atoms with Crippen molar-refractivity contribution in [3.05, 3.63) is 52.8 Å². The molecule has 0 aromatic heterocycles. The number of hydrogen-bond donors (Lipinski definition) is 2. The molecule has 216 valence electrons. The number of halogens is 2. The molecule has 0 bridgehead atoms. The van der Waals surface area contributed by atoms with Gasteiger partial charge < -0.3 is 25.1 Å². The third-order valence-electron chi connectivity index (χ3n) is 8.39. The number of piperidine rings is 1. The minimum atomic E-state index is -0.977. The molecule has 2 amide bonds. The molecule has 3 heterocycles. The predicted molar refractivity (Wildman–Crippen MR) is 156 cm³/mol. The lowest BCUT2D eigenvalue weighted by Crippen LogP contribution is -2.62. The highest BCUT2D eigenvalue weighted by atomic mass is 35.5. The number of carbonyl (C=O) groups excluding carboxylic acids is 2. The average molecular weight is 571 g/mol. The van der Waals surface area contributed by atoms with Gasteiger partial charge in [0.25, 0.3) is 5.91 Å². The minimum absolute atomic E-state index is 0.0373. The zero-order chi connectivity index (χ0) is 28.6. The Bertz CT molecular complexity index is 1260. The van der Waals surface area contributed by atoms with Crippen molar-refractivity contribution >= 4 is 29.1 Å². The molecule has 9 heteroatoms. The fourth-order valence-corrected chi connectivity index (χ4v) is 6.37. The van der Waals surface area contributed by atoms with E-state index in [9.17, 15) is 19.1 Å². The number of nitrogens with one attached hydrogen (secondary N) is 1. The summed E-state index contributed by atoms with van der Waals surface area (Å²) in [6.45, 7) is 9.68. The molecule has 2 aromatic rings. The van der Waals surface area contributed by atoms with Crippen LogP contribution in [0.25, 0.3) is 11.1 Å². The number of benzene rings is 2. The van der Waals surface area contributed by atoms with Gasteiger partial charge in [-0.3, -0.25) is 9.59 Å². The highest BCUT2D eigenvalue weighted by Gasteiger charge is 2.43. The van der Waals surface area contributed by atoms with Crippen LogP contribution in [0.2, 0.25) is 5.02 Å². The first-order valence-electron chi connectivity index (χ1n) is 14.4. The van der Waals surface area contributed by atoms with E-state index in [-0.39, 0.29) is 23.8 Å². The largest absolute Gasteiger partial charge is 0.371 e. The number of carbonyl (C=O) groups is 2. The summed E-state index contributed by atoms with van der Waals surface area (Å²) in [6.07, 6.45) is 2.47. The van der Waals surface area contributed by atoms with Crippen LogP contribution in [-0.2, 0) is 4.79 Å². The van der Waals surface area contributed by atoms with Crippen molar-refractivity contribution < 1.29 is 19.1 Å². The number of hydrogen-bond acceptors (Lipinski definition) is 5. The number of aliphatic hydroxyl groups is 1. The number of rotatable bonds is 5. The molecule has 0 radical (unpaired) electrons. The van der Waals surface area contributed by atoms with Crippen LogP contribution < -0.4 is 10.2 Å². The van der Waals surface area contributed by atoms with Crippen molar-refractivity contribution in [3.8, 4) is 11.1 Å². The molecule has 2 unspecified atom stereocenters. The van der Waals surface area contributed by atoms with Crippen LogP contribution in [0.3, 0.4) is 0 Å². The number of anilines is 1. The van der Waals surface area contributed by atoms with Crippen LogP contribution >= 0.6 is 11.6 Å². The van der Waals surface area contributed by atoms with Gasteiger partial charge in [-0.25, -0.2) is 4.39 Å². The second-order valence-corrected chi connectivity index (χ2v) is 13.0. The van der Waals surface area contributed by atoms with Gasteiger partial charge in [-0.1, -0.05) is 38.4 Å². The van der Waals surface area contributed by atoms with Gasteiger partial charge in [-0.15, -0.1) is 0 Å². The normalized spacial score (nSPS) is 22.1. The second-order valence-electron chi connectivity index (χ2n) is 12.6. The fourth-order valence-electron chi connectivity index (χ4n) is 6.21. The molecule has 2 saturated heterocycles. The van der Waals surface area contributed by atoms with Crippen molar-refractivity contribution in [2.75, 3.05) is 44.2 Å². The maximum Gasteiger partial charge on any atom is 0.256 e. The van der Waals surface area contributed by atoms with E-state index in [4.69, 9.17) is 11.6 Å². The predicted octanol–water partition coefficient (Wildman–Crippen LogP) is 4.76. The van der Waals surface area contributed by atoms with Gasteiger partial charge in [0.05, 0.1) is 17.3 Å². The smallest absolute Gasteiger partial charge is 0.256 e. The Labute approximate surface area is 241 Å². The second kappa shape index (κ2) is 11.7. The first-order chi connectivity index (χ1) is 19.0. The highest BCUT2D eigenvalue weighted by molar-refractivity contribution is 6.30. The monoisotopic (exact) mass is 570 g/mol. The quantitative estimate of drug-likeness (QED) is 0.542. The lowest BCUT2D eigenvalue weighted by molar-refractivity contribution is -0.136. The molecule has 5 rings (SSSR count). The van der Waals surface area contributed by atoms with Gasteiger partial charge >= 0.3 is 0 Å². The van der Waals surface area contributed by atoms with Crippen molar-refractivity contribution in [2.24, 2.45) is 11.3 Å². The van der Waals surface area contributed by atoms with E-state index in [0.717, 1.165) is 32.4 Å². The maximum atomic E-state index is 14.8. The summed E-state index contributed by atoms with van der Waals surface area (Å²) in [6, 6.07) is 9.30. The van der Waals surface area contributed by atoms with Gasteiger partial charge in [-0.05, 0) is 79.6 Å². The summed E-state index contributed by atoms with van der Waals surface area (Å²) >= 11 is 5.98. The lowest BCUT2D eigenvalue weighted by Gasteiger charge is -2.44. The molecule has 0 spiro atoms. The van der Waals surface area contributed by atoms with Crippen LogP contribution in [0, 0.1) is 17.2 Å². The average Bonchev–Trinajstić information content (AvgIpc) is 3.00. The van der Waals surface area contributed by atoms with E-state index < -0.39 is 18.1 Å². The Morgan fingerprint density at radius 3 is 2.55 bits per heavy atom. The molecule has 0 aliphatic carbocycles. The SMILES string of the molecule is CC(C)(C)CC(=O)N1CCN2C(=O)c3cc(-c4ccc(Cl)cc4F)ccc3N(CCC3CCNCC3)C(O)C2C1. The standard InChI is InChI=1S/C31H40ClFN4O3/c1-31(2,3)18-28(38)35-14-15-37-27(19-35)30(40)36(13-10-20-8-11-34-12-9-20)26-7-4-21(16-24(26)29(37)39)23-6-5-22(32)17-25(23)33/h4-7,16-17,20,27,30,34,40H,8-15,18-19H2,1-3H3. The summed E-state index contributed by atoms with van der Waals surface area (Å²) < 4.78 is 14.8. The number of piperazine rings is 1. The summed E-state index contributed by atoms with van der Waals surface area (Å²) in [5.74, 6) is -0.0938. The molecule has 2 fully saturated rings. The molecular formula is C31H40ClFN4O3. The minimum Gasteiger partial charge on any atom is -0.371 e. The van der Waals surface area contributed by atoms with Crippen molar-refractivity contribution in [1.82, 2.24) is 15.1 Å². The molecule has 2 aromatic carbocycles. The summed E-state index contributed by atoms with van der Waals surface area (Å²) in [5.41, 5.74) is 1.86. The van der Waals surface area contributed by atoms with Gasteiger partial charge in [0.1, 0.15) is 12.0 Å². The van der Waals surface area contributed by atoms with Crippen LogP contribution in [0.4, 0.5) is 10.1 Å². The number of amides is 2. The van der Waals surface area contributed by atoms with Gasteiger partial charge in [0.15, 0.2) is 0 Å². The zero-order valence-corrected chi connectivity index (χ0v) is 24.4. The Morgan fingerprint density at radius 2 is 1.85 bits per heavy atom. The van der Waals surface area contributed by atoms with Crippen molar-refractivity contribution in [2.45, 2.75) is 58.7 Å². The first kappa shape index (κ1) is 28.8. The van der Waals surface area contributed by atoms with Crippen LogP contribution in [0.5, 0.6) is 0 Å². The zero-order valence-electron chi connectivity index (χ0n) is 23.6. The van der Waals surface area contributed by atoms with Gasteiger partial charge in [0, 0.05) is 43.2 Å². The maximum absolute atomic E-state index is 14.8. The third-order valence-corrected chi connectivity index (χ3v) is 8.63. The lowest BCUT2D eigenvalue weighted by atomic mass is 9.91. The van der Waals surface area contributed by atoms with E-state index in [0.29, 0.717) is 59.4 Å². The Kier molecular flexibility index (Phi) is 8.41. The molecular weight excluding hydrogens is 531 g/mol. The van der Waals surface area contributed by atoms with E-state index in [1.807, 2.05) is 31.7 Å². The molecule has 3 aliphatic heterocycles. The number of aliphatic hydroxyl groups excluding tert-OH is 1. The number of fused-ring (bicyclic) bond motifs is 2. The highest BCUT2D eigenvalue weighted by Crippen LogP contribution is 2.37. The van der Waals surface area contributed by atoms with Gasteiger partial charge in [0.2, 0.25) is 5.91 Å². The molecule has 0 saturated carbocycles. The van der Waals surface area contributed by atoms with E-state index in [1.54, 1.807) is 34.1 Å².